The van der Waals surface area contributed by atoms with E-state index in [2.05, 4.69) is 20.5 Å². The van der Waals surface area contributed by atoms with E-state index in [9.17, 15) is 0 Å². The van der Waals surface area contributed by atoms with Crippen LogP contribution in [0.4, 0.5) is 0 Å². The Balaban J connectivity index is 1.63. The lowest BCUT2D eigenvalue weighted by molar-refractivity contribution is 0.432. The van der Waals surface area contributed by atoms with E-state index in [1.54, 1.807) is 23.5 Å². The number of halogens is 1. The predicted octanol–water partition coefficient (Wildman–Crippen LogP) is 5.49. The van der Waals surface area contributed by atoms with Crippen molar-refractivity contribution < 1.29 is 4.52 Å². The smallest absolute Gasteiger partial charge is 0.258 e. The van der Waals surface area contributed by atoms with Gasteiger partial charge in [-0.2, -0.15) is 4.98 Å². The molecule has 2 heterocycles. The van der Waals surface area contributed by atoms with Crippen molar-refractivity contribution in [1.29, 1.82) is 0 Å². The van der Waals surface area contributed by atoms with Gasteiger partial charge >= 0.3 is 0 Å². The lowest BCUT2D eigenvalue weighted by Crippen LogP contribution is -1.83. The van der Waals surface area contributed by atoms with Crippen LogP contribution in [-0.4, -0.2) is 15.1 Å². The van der Waals surface area contributed by atoms with Crippen molar-refractivity contribution in [2.24, 2.45) is 0 Å². The molecule has 0 bridgehead atoms. The van der Waals surface area contributed by atoms with Crippen LogP contribution in [-0.2, 0) is 0 Å². The minimum absolute atomic E-state index is 0.451. The zero-order valence-corrected chi connectivity index (χ0v) is 14.3. The zero-order chi connectivity index (χ0) is 16.5. The van der Waals surface area contributed by atoms with E-state index < -0.39 is 0 Å². The first kappa shape index (κ1) is 15.1. The van der Waals surface area contributed by atoms with Crippen molar-refractivity contribution in [3.05, 3.63) is 63.9 Å². The number of rotatable bonds is 3. The second-order valence-corrected chi connectivity index (χ2v) is 6.76. The number of hydrogen-bond acceptors (Lipinski definition) is 5. The van der Waals surface area contributed by atoms with Crippen LogP contribution in [0.15, 0.2) is 58.4 Å². The topological polar surface area (TPSA) is 51.8 Å². The highest BCUT2D eigenvalue weighted by atomic mass is 35.5. The van der Waals surface area contributed by atoms with Gasteiger partial charge in [0, 0.05) is 27.1 Å². The minimum atomic E-state index is 0.451. The molecule has 0 radical (unpaired) electrons. The molecule has 2 aromatic carbocycles. The molecule has 24 heavy (non-hydrogen) atoms. The summed E-state index contributed by atoms with van der Waals surface area (Å²) in [4.78, 5) is 8.94. The van der Waals surface area contributed by atoms with Crippen LogP contribution in [0.1, 0.15) is 5.01 Å². The molecule has 0 saturated heterocycles. The summed E-state index contributed by atoms with van der Waals surface area (Å²) in [5, 5.41) is 7.80. The van der Waals surface area contributed by atoms with Crippen LogP contribution in [0, 0.1) is 6.92 Å². The van der Waals surface area contributed by atoms with E-state index in [-0.39, 0.29) is 0 Å². The Morgan fingerprint density at radius 2 is 1.75 bits per heavy atom. The summed E-state index contributed by atoms with van der Waals surface area (Å²) in [6.45, 7) is 2.00. The SMILES string of the molecule is Cc1nc(-c2ccc(-c3noc(-c4cccc(Cl)c4)n3)cc2)cs1. The van der Waals surface area contributed by atoms with E-state index in [4.69, 9.17) is 16.1 Å². The Kier molecular flexibility index (Phi) is 3.88. The molecule has 6 heteroatoms. The molecule has 0 N–H and O–H groups in total. The molecule has 0 aliphatic rings. The van der Waals surface area contributed by atoms with Crippen LogP contribution < -0.4 is 0 Å². The van der Waals surface area contributed by atoms with Crippen molar-refractivity contribution in [3.63, 3.8) is 0 Å². The summed E-state index contributed by atoms with van der Waals surface area (Å²) in [7, 11) is 0. The van der Waals surface area contributed by atoms with E-state index in [1.165, 1.54) is 0 Å². The van der Waals surface area contributed by atoms with E-state index in [0.29, 0.717) is 16.7 Å². The first-order chi connectivity index (χ1) is 11.7. The summed E-state index contributed by atoms with van der Waals surface area (Å²) >= 11 is 7.64. The molecule has 0 unspecified atom stereocenters. The maximum Gasteiger partial charge on any atom is 0.258 e. The van der Waals surface area contributed by atoms with Gasteiger partial charge in [0.1, 0.15) is 0 Å². The van der Waals surface area contributed by atoms with Crippen LogP contribution >= 0.6 is 22.9 Å². The molecule has 2 aromatic heterocycles. The molecule has 0 fully saturated rings. The van der Waals surface area contributed by atoms with Crippen molar-refractivity contribution in [2.45, 2.75) is 6.92 Å². The Labute approximate surface area is 147 Å². The van der Waals surface area contributed by atoms with Gasteiger partial charge in [-0.25, -0.2) is 4.98 Å². The number of benzene rings is 2. The van der Waals surface area contributed by atoms with Gasteiger partial charge in [-0.15, -0.1) is 11.3 Å². The fraction of sp³-hybridized carbons (Fsp3) is 0.0556. The maximum absolute atomic E-state index is 6.00. The van der Waals surface area contributed by atoms with Gasteiger partial charge in [-0.05, 0) is 25.1 Å². The molecule has 4 aromatic rings. The Morgan fingerprint density at radius 1 is 0.958 bits per heavy atom. The van der Waals surface area contributed by atoms with Gasteiger partial charge in [0.05, 0.1) is 10.7 Å². The molecule has 0 saturated carbocycles. The monoisotopic (exact) mass is 353 g/mol. The Bertz CT molecular complexity index is 991. The van der Waals surface area contributed by atoms with E-state index in [1.807, 2.05) is 43.3 Å². The summed E-state index contributed by atoms with van der Waals surface area (Å²) in [5.74, 6) is 0.998. The van der Waals surface area contributed by atoms with Gasteiger partial charge in [-0.3, -0.25) is 0 Å². The quantitative estimate of drug-likeness (QED) is 0.488. The molecule has 0 aliphatic heterocycles. The number of aromatic nitrogens is 3. The summed E-state index contributed by atoms with van der Waals surface area (Å²) in [5.41, 5.74) is 3.75. The molecule has 0 atom stereocenters. The number of nitrogens with zero attached hydrogens (tertiary/aromatic N) is 3. The second kappa shape index (κ2) is 6.19. The molecule has 0 spiro atoms. The van der Waals surface area contributed by atoms with Gasteiger partial charge in [0.15, 0.2) is 0 Å². The highest BCUT2D eigenvalue weighted by Crippen LogP contribution is 2.27. The zero-order valence-electron chi connectivity index (χ0n) is 12.7. The van der Waals surface area contributed by atoms with Crippen molar-refractivity contribution in [2.75, 3.05) is 0 Å². The first-order valence-electron chi connectivity index (χ1n) is 7.31. The van der Waals surface area contributed by atoms with Crippen molar-refractivity contribution in [3.8, 4) is 34.1 Å². The summed E-state index contributed by atoms with van der Waals surface area (Å²) < 4.78 is 5.35. The molecular weight excluding hydrogens is 342 g/mol. The standard InChI is InChI=1S/C18H12ClN3OS/c1-11-20-16(10-24-11)12-5-7-13(8-6-12)17-21-18(23-22-17)14-3-2-4-15(19)9-14/h2-10H,1H3. The third-order valence-corrected chi connectivity index (χ3v) is 4.56. The highest BCUT2D eigenvalue weighted by molar-refractivity contribution is 7.09. The molecule has 0 amide bonds. The van der Waals surface area contributed by atoms with E-state index >= 15 is 0 Å². The van der Waals surface area contributed by atoms with Crippen LogP contribution in [0.25, 0.3) is 34.1 Å². The highest BCUT2D eigenvalue weighted by Gasteiger charge is 2.11. The predicted molar refractivity (Wildman–Crippen MR) is 96.0 cm³/mol. The van der Waals surface area contributed by atoms with Crippen LogP contribution in [0.5, 0.6) is 0 Å². The average Bonchev–Trinajstić information content (AvgIpc) is 3.24. The van der Waals surface area contributed by atoms with Gasteiger partial charge < -0.3 is 4.52 Å². The van der Waals surface area contributed by atoms with Crippen molar-refractivity contribution in [1.82, 2.24) is 15.1 Å². The van der Waals surface area contributed by atoms with Gasteiger partial charge in [-0.1, -0.05) is 47.1 Å². The molecule has 0 aliphatic carbocycles. The van der Waals surface area contributed by atoms with E-state index in [0.717, 1.165) is 27.4 Å². The summed E-state index contributed by atoms with van der Waals surface area (Å²) in [6.07, 6.45) is 0. The fourth-order valence-electron chi connectivity index (χ4n) is 2.37. The van der Waals surface area contributed by atoms with Gasteiger partial charge in [0.25, 0.3) is 5.89 Å². The number of aryl methyl sites for hydroxylation is 1. The van der Waals surface area contributed by atoms with Crippen LogP contribution in [0.2, 0.25) is 5.02 Å². The summed E-state index contributed by atoms with van der Waals surface area (Å²) in [6, 6.07) is 15.3. The first-order valence-corrected chi connectivity index (χ1v) is 8.57. The van der Waals surface area contributed by atoms with Gasteiger partial charge in [0.2, 0.25) is 5.82 Å². The molecule has 4 rings (SSSR count). The number of thiazole rings is 1. The van der Waals surface area contributed by atoms with Crippen molar-refractivity contribution >= 4 is 22.9 Å². The average molecular weight is 354 g/mol. The maximum atomic E-state index is 6.00. The Morgan fingerprint density at radius 3 is 2.46 bits per heavy atom. The molecular formula is C18H12ClN3OS. The minimum Gasteiger partial charge on any atom is -0.334 e. The lowest BCUT2D eigenvalue weighted by Gasteiger charge is -1.98. The Hall–Kier alpha value is -2.50. The molecule has 4 nitrogen and oxygen atoms in total. The molecule has 118 valence electrons. The fourth-order valence-corrected chi connectivity index (χ4v) is 3.18. The lowest BCUT2D eigenvalue weighted by atomic mass is 10.1. The third-order valence-electron chi connectivity index (χ3n) is 3.56. The normalized spacial score (nSPS) is 10.9. The third kappa shape index (κ3) is 2.96. The second-order valence-electron chi connectivity index (χ2n) is 5.26. The largest absolute Gasteiger partial charge is 0.334 e. The van der Waals surface area contributed by atoms with Crippen LogP contribution in [0.3, 0.4) is 0 Å². The number of hydrogen-bond donors (Lipinski definition) is 0.